The molecular formula is C16H17NO2. The Morgan fingerprint density at radius 1 is 1.47 bits per heavy atom. The van der Waals surface area contributed by atoms with Crippen molar-refractivity contribution in [2.24, 2.45) is 0 Å². The molecule has 0 saturated heterocycles. The van der Waals surface area contributed by atoms with Gasteiger partial charge in [-0.3, -0.25) is 4.79 Å². The first-order valence-corrected chi connectivity index (χ1v) is 6.44. The van der Waals surface area contributed by atoms with Crippen molar-refractivity contribution >= 4 is 11.6 Å². The lowest BCUT2D eigenvalue weighted by Crippen LogP contribution is -2.39. The van der Waals surface area contributed by atoms with Gasteiger partial charge in [-0.15, -0.1) is 6.58 Å². The molecule has 0 radical (unpaired) electrons. The van der Waals surface area contributed by atoms with Gasteiger partial charge in [-0.1, -0.05) is 24.3 Å². The van der Waals surface area contributed by atoms with Crippen LogP contribution in [-0.4, -0.2) is 19.6 Å². The van der Waals surface area contributed by atoms with Crippen molar-refractivity contribution in [2.45, 2.75) is 18.9 Å². The molecule has 0 unspecified atom stereocenters. The normalized spacial score (nSPS) is 25.4. The fourth-order valence-corrected chi connectivity index (χ4v) is 3.07. The number of nitrogens with zero attached hydrogens (tertiary/aromatic N) is 1. The first kappa shape index (κ1) is 12.2. The molecule has 0 saturated carbocycles. The Morgan fingerprint density at radius 3 is 2.95 bits per heavy atom. The fourth-order valence-electron chi connectivity index (χ4n) is 3.07. The number of fused-ring (bicyclic) bond motifs is 2. The number of anilines is 1. The molecule has 0 aliphatic carbocycles. The first-order valence-electron chi connectivity index (χ1n) is 6.44. The quantitative estimate of drug-likeness (QED) is 0.760. The zero-order chi connectivity index (χ0) is 13.6. The molecule has 3 nitrogen and oxygen atoms in total. The molecule has 1 atom stereocenters. The fraction of sp³-hybridized carbons (Fsp3) is 0.312. The average molecular weight is 255 g/mol. The summed E-state index contributed by atoms with van der Waals surface area (Å²) in [6.45, 7) is 6.27. The van der Waals surface area contributed by atoms with E-state index in [2.05, 4.69) is 6.58 Å². The van der Waals surface area contributed by atoms with Crippen LogP contribution in [0.2, 0.25) is 0 Å². The van der Waals surface area contributed by atoms with Gasteiger partial charge in [-0.2, -0.15) is 0 Å². The molecular weight excluding hydrogens is 238 g/mol. The number of carbonyl (C=O) groups excluding carboxylic acids is 1. The molecule has 1 aromatic rings. The summed E-state index contributed by atoms with van der Waals surface area (Å²) in [5.41, 5.74) is 3.18. The van der Waals surface area contributed by atoms with E-state index in [1.165, 1.54) is 0 Å². The lowest BCUT2D eigenvalue weighted by atomic mass is 9.86. The molecule has 2 heterocycles. The highest BCUT2D eigenvalue weighted by atomic mass is 16.5. The summed E-state index contributed by atoms with van der Waals surface area (Å²) >= 11 is 0. The summed E-state index contributed by atoms with van der Waals surface area (Å²) in [4.78, 5) is 14.4. The van der Waals surface area contributed by atoms with Crippen LogP contribution in [-0.2, 0) is 15.1 Å². The number of ether oxygens (including phenoxy) is 1. The Balaban J connectivity index is 2.21. The van der Waals surface area contributed by atoms with Gasteiger partial charge >= 0.3 is 0 Å². The number of carbonyl (C=O) groups is 1. The van der Waals surface area contributed by atoms with Gasteiger partial charge in [0.25, 0.3) is 5.91 Å². The largest absolute Gasteiger partial charge is 0.352 e. The smallest absolute Gasteiger partial charge is 0.268 e. The lowest BCUT2D eigenvalue weighted by Gasteiger charge is -2.24. The average Bonchev–Trinajstić information content (AvgIpc) is 2.86. The zero-order valence-corrected chi connectivity index (χ0v) is 11.3. The maximum atomic E-state index is 12.7. The summed E-state index contributed by atoms with van der Waals surface area (Å²) in [5, 5.41) is 0. The van der Waals surface area contributed by atoms with Gasteiger partial charge in [-0.25, -0.2) is 0 Å². The molecule has 19 heavy (non-hydrogen) atoms. The van der Waals surface area contributed by atoms with Gasteiger partial charge in [0.15, 0.2) is 5.60 Å². The third-order valence-electron chi connectivity index (χ3n) is 4.16. The minimum Gasteiger partial charge on any atom is -0.352 e. The van der Waals surface area contributed by atoms with Crippen LogP contribution >= 0.6 is 0 Å². The number of para-hydroxylation sites is 1. The van der Waals surface area contributed by atoms with Gasteiger partial charge in [0, 0.05) is 12.6 Å². The van der Waals surface area contributed by atoms with Crippen LogP contribution in [0.4, 0.5) is 5.69 Å². The van der Waals surface area contributed by atoms with Gasteiger partial charge in [0.1, 0.15) is 0 Å². The molecule has 1 spiro atoms. The van der Waals surface area contributed by atoms with Crippen LogP contribution in [0.15, 0.2) is 48.1 Å². The highest BCUT2D eigenvalue weighted by Gasteiger charge is 2.55. The van der Waals surface area contributed by atoms with Crippen LogP contribution in [0, 0.1) is 0 Å². The first-order chi connectivity index (χ1) is 9.13. The van der Waals surface area contributed by atoms with Crippen molar-refractivity contribution in [3.63, 3.8) is 0 Å². The van der Waals surface area contributed by atoms with Crippen molar-refractivity contribution in [3.05, 3.63) is 53.6 Å². The predicted octanol–water partition coefficient (Wildman–Crippen LogP) is 2.78. The third kappa shape index (κ3) is 1.39. The Kier molecular flexibility index (Phi) is 2.61. The number of hydrogen-bond donors (Lipinski definition) is 0. The second kappa shape index (κ2) is 4.07. The SMILES string of the molecule is C=CCC1=C(C)[C@]2(OC1)C(=O)N(C)c1ccccc12. The number of likely N-dealkylation sites (N-methyl/N-ethyl adjacent to an activating group) is 1. The molecule has 0 fully saturated rings. The highest BCUT2D eigenvalue weighted by molar-refractivity contribution is 6.09. The van der Waals surface area contributed by atoms with Crippen molar-refractivity contribution in [3.8, 4) is 0 Å². The number of hydrogen-bond acceptors (Lipinski definition) is 2. The molecule has 0 bridgehead atoms. The van der Waals surface area contributed by atoms with Crippen molar-refractivity contribution in [1.82, 2.24) is 0 Å². The van der Waals surface area contributed by atoms with Gasteiger partial charge in [0.2, 0.25) is 0 Å². The molecule has 3 rings (SSSR count). The lowest BCUT2D eigenvalue weighted by molar-refractivity contribution is -0.135. The molecule has 2 aliphatic heterocycles. The standard InChI is InChI=1S/C16H17NO2/c1-4-7-12-10-19-16(11(12)2)13-8-5-6-9-14(13)17(3)15(16)18/h4-6,8-9H,1,7,10H2,2-3H3/t16-/m1/s1. The van der Waals surface area contributed by atoms with E-state index in [4.69, 9.17) is 4.74 Å². The number of benzene rings is 1. The van der Waals surface area contributed by atoms with E-state index in [1.54, 1.807) is 11.9 Å². The van der Waals surface area contributed by atoms with Gasteiger partial charge in [-0.05, 0) is 30.6 Å². The third-order valence-corrected chi connectivity index (χ3v) is 4.16. The predicted molar refractivity (Wildman–Crippen MR) is 75.0 cm³/mol. The summed E-state index contributed by atoms with van der Waals surface area (Å²) in [7, 11) is 1.80. The van der Waals surface area contributed by atoms with E-state index in [-0.39, 0.29) is 5.91 Å². The maximum absolute atomic E-state index is 12.7. The highest BCUT2D eigenvalue weighted by Crippen LogP contribution is 2.50. The number of rotatable bonds is 2. The van der Waals surface area contributed by atoms with Crippen molar-refractivity contribution in [2.75, 3.05) is 18.6 Å². The zero-order valence-electron chi connectivity index (χ0n) is 11.3. The topological polar surface area (TPSA) is 29.5 Å². The number of allylic oxidation sites excluding steroid dienone is 1. The van der Waals surface area contributed by atoms with Crippen LogP contribution in [0.25, 0.3) is 0 Å². The van der Waals surface area contributed by atoms with E-state index in [0.29, 0.717) is 6.61 Å². The summed E-state index contributed by atoms with van der Waals surface area (Å²) < 4.78 is 5.97. The second-order valence-electron chi connectivity index (χ2n) is 5.07. The molecule has 1 aromatic carbocycles. The molecule has 2 aliphatic rings. The van der Waals surface area contributed by atoms with E-state index in [0.717, 1.165) is 28.8 Å². The summed E-state index contributed by atoms with van der Waals surface area (Å²) in [6, 6.07) is 7.84. The van der Waals surface area contributed by atoms with E-state index in [9.17, 15) is 4.79 Å². The van der Waals surface area contributed by atoms with Crippen LogP contribution in [0.5, 0.6) is 0 Å². The molecule has 3 heteroatoms. The number of amides is 1. The Bertz CT molecular complexity index is 603. The minimum atomic E-state index is -0.899. The summed E-state index contributed by atoms with van der Waals surface area (Å²) in [5.74, 6) is 0.00487. The monoisotopic (exact) mass is 255 g/mol. The Hall–Kier alpha value is -1.87. The maximum Gasteiger partial charge on any atom is 0.268 e. The molecule has 0 N–H and O–H groups in total. The second-order valence-corrected chi connectivity index (χ2v) is 5.07. The van der Waals surface area contributed by atoms with Crippen molar-refractivity contribution in [1.29, 1.82) is 0 Å². The Labute approximate surface area is 113 Å². The van der Waals surface area contributed by atoms with Gasteiger partial charge < -0.3 is 9.64 Å². The molecule has 98 valence electrons. The molecule has 1 amide bonds. The summed E-state index contributed by atoms with van der Waals surface area (Å²) in [6.07, 6.45) is 2.63. The van der Waals surface area contributed by atoms with Crippen LogP contribution in [0.1, 0.15) is 18.9 Å². The van der Waals surface area contributed by atoms with Crippen molar-refractivity contribution < 1.29 is 9.53 Å². The molecule has 0 aromatic heterocycles. The van der Waals surface area contributed by atoms with E-state index >= 15 is 0 Å². The Morgan fingerprint density at radius 2 is 2.21 bits per heavy atom. The van der Waals surface area contributed by atoms with Crippen LogP contribution < -0.4 is 4.90 Å². The van der Waals surface area contributed by atoms with E-state index < -0.39 is 5.60 Å². The van der Waals surface area contributed by atoms with E-state index in [1.807, 2.05) is 37.3 Å². The minimum absolute atomic E-state index is 0.00487. The van der Waals surface area contributed by atoms with Crippen LogP contribution in [0.3, 0.4) is 0 Å². The van der Waals surface area contributed by atoms with Gasteiger partial charge in [0.05, 0.1) is 12.3 Å².